The van der Waals surface area contributed by atoms with Gasteiger partial charge in [0.25, 0.3) is 0 Å². The van der Waals surface area contributed by atoms with Gasteiger partial charge in [0.05, 0.1) is 0 Å². The molecule has 4 rings (SSSR count). The van der Waals surface area contributed by atoms with Crippen LogP contribution in [0.4, 0.5) is 0 Å². The average Bonchev–Trinajstić information content (AvgIpc) is 2.93. The largest absolute Gasteiger partial charge is 0.294 e. The molecule has 0 saturated heterocycles. The summed E-state index contributed by atoms with van der Waals surface area (Å²) in [6.07, 6.45) is 4.17. The van der Waals surface area contributed by atoms with Crippen LogP contribution in [0, 0.1) is 0 Å². The van der Waals surface area contributed by atoms with Crippen molar-refractivity contribution in [3.8, 4) is 11.3 Å². The molecule has 2 aromatic carbocycles. The molecule has 2 nitrogen and oxygen atoms in total. The van der Waals surface area contributed by atoms with Crippen molar-refractivity contribution in [3.05, 3.63) is 66.9 Å². The average molecular weight is 290 g/mol. The van der Waals surface area contributed by atoms with Gasteiger partial charge in [-0.1, -0.05) is 42.5 Å². The van der Waals surface area contributed by atoms with Gasteiger partial charge in [0.2, 0.25) is 0 Å². The van der Waals surface area contributed by atoms with E-state index in [-0.39, 0.29) is 0 Å². The van der Waals surface area contributed by atoms with Crippen molar-refractivity contribution in [3.63, 3.8) is 0 Å². The molecule has 0 fully saturated rings. The van der Waals surface area contributed by atoms with Gasteiger partial charge in [0, 0.05) is 11.8 Å². The molecule has 0 amide bonds. The third-order valence-corrected chi connectivity index (χ3v) is 4.48. The summed E-state index contributed by atoms with van der Waals surface area (Å²) in [4.78, 5) is 4.80. The minimum atomic E-state index is 0.991. The van der Waals surface area contributed by atoms with Crippen molar-refractivity contribution in [1.29, 1.82) is 0 Å². The highest BCUT2D eigenvalue weighted by molar-refractivity contribution is 7.98. The minimum absolute atomic E-state index is 0.991. The summed E-state index contributed by atoms with van der Waals surface area (Å²) >= 11 is 1.73. The predicted octanol–water partition coefficient (Wildman–Crippen LogP) is 4.88. The van der Waals surface area contributed by atoms with Gasteiger partial charge < -0.3 is 0 Å². The summed E-state index contributed by atoms with van der Waals surface area (Å²) in [7, 11) is 0. The molecule has 2 aromatic heterocycles. The van der Waals surface area contributed by atoms with Gasteiger partial charge in [-0.2, -0.15) is 0 Å². The maximum absolute atomic E-state index is 4.80. The number of hydrogen-bond acceptors (Lipinski definition) is 2. The second kappa shape index (κ2) is 4.93. The summed E-state index contributed by atoms with van der Waals surface area (Å²) in [6.45, 7) is 0. The highest BCUT2D eigenvalue weighted by atomic mass is 32.2. The summed E-state index contributed by atoms with van der Waals surface area (Å²) in [5, 5.41) is 3.69. The first-order chi connectivity index (χ1) is 10.4. The van der Waals surface area contributed by atoms with Crippen LogP contribution in [0.15, 0.2) is 71.9 Å². The summed E-state index contributed by atoms with van der Waals surface area (Å²) < 4.78 is 2.15. The van der Waals surface area contributed by atoms with Gasteiger partial charge in [0.1, 0.15) is 16.4 Å². The van der Waals surface area contributed by atoms with Gasteiger partial charge in [-0.25, -0.2) is 4.98 Å². The Balaban J connectivity index is 1.99. The van der Waals surface area contributed by atoms with Crippen molar-refractivity contribution in [2.24, 2.45) is 0 Å². The second-order valence-corrected chi connectivity index (χ2v) is 5.76. The molecule has 4 aromatic rings. The number of aromatic nitrogens is 2. The number of hydrogen-bond donors (Lipinski definition) is 0. The first-order valence-electron chi connectivity index (χ1n) is 6.87. The zero-order valence-corrected chi connectivity index (χ0v) is 12.5. The number of fused-ring (bicyclic) bond motifs is 2. The van der Waals surface area contributed by atoms with Crippen LogP contribution in [0.3, 0.4) is 0 Å². The molecule has 0 aliphatic carbocycles. The molecule has 102 valence electrons. The van der Waals surface area contributed by atoms with E-state index in [1.165, 1.54) is 21.4 Å². The lowest BCUT2D eigenvalue weighted by Crippen LogP contribution is -1.85. The fourth-order valence-corrected chi connectivity index (χ4v) is 3.40. The van der Waals surface area contributed by atoms with Gasteiger partial charge in [-0.3, -0.25) is 4.40 Å². The third-order valence-electron chi connectivity index (χ3n) is 3.70. The summed E-state index contributed by atoms with van der Waals surface area (Å²) in [6, 6.07) is 21.1. The smallest absolute Gasteiger partial charge is 0.138 e. The molecule has 0 aliphatic rings. The SMILES string of the molecule is CSc1c(-c2ccc3ccccc3c2)nc2ccccn12. The Morgan fingerprint density at radius 3 is 2.57 bits per heavy atom. The van der Waals surface area contributed by atoms with Crippen LogP contribution >= 0.6 is 11.8 Å². The summed E-state index contributed by atoms with van der Waals surface area (Å²) in [5.74, 6) is 0. The van der Waals surface area contributed by atoms with Crippen LogP contribution in [0.1, 0.15) is 0 Å². The molecule has 0 saturated carbocycles. The molecular weight excluding hydrogens is 276 g/mol. The topological polar surface area (TPSA) is 17.3 Å². The molecule has 0 radical (unpaired) electrons. The molecule has 3 heteroatoms. The van der Waals surface area contributed by atoms with E-state index < -0.39 is 0 Å². The molecule has 21 heavy (non-hydrogen) atoms. The third kappa shape index (κ3) is 2.01. The van der Waals surface area contributed by atoms with Crippen LogP contribution in [0.5, 0.6) is 0 Å². The zero-order valence-electron chi connectivity index (χ0n) is 11.7. The fourth-order valence-electron chi connectivity index (χ4n) is 2.69. The lowest BCUT2D eigenvalue weighted by atomic mass is 10.1. The highest BCUT2D eigenvalue weighted by Crippen LogP contribution is 2.32. The molecule has 0 unspecified atom stereocenters. The Labute approximate surface area is 127 Å². The van der Waals surface area contributed by atoms with E-state index in [0.29, 0.717) is 0 Å². The number of thioether (sulfide) groups is 1. The van der Waals surface area contributed by atoms with Crippen LogP contribution in [0.2, 0.25) is 0 Å². The van der Waals surface area contributed by atoms with Crippen LogP contribution in [-0.4, -0.2) is 15.6 Å². The zero-order chi connectivity index (χ0) is 14.2. The Morgan fingerprint density at radius 2 is 1.71 bits per heavy atom. The van der Waals surface area contributed by atoms with E-state index in [1.807, 2.05) is 18.2 Å². The monoisotopic (exact) mass is 290 g/mol. The molecule has 0 bridgehead atoms. The van der Waals surface area contributed by atoms with Crippen molar-refractivity contribution < 1.29 is 0 Å². The number of nitrogens with zero attached hydrogens (tertiary/aromatic N) is 2. The maximum atomic E-state index is 4.80. The Morgan fingerprint density at radius 1 is 0.905 bits per heavy atom. The molecular formula is C18H14N2S. The van der Waals surface area contributed by atoms with Crippen LogP contribution < -0.4 is 0 Å². The minimum Gasteiger partial charge on any atom is -0.294 e. The molecule has 0 spiro atoms. The quantitative estimate of drug-likeness (QED) is 0.490. The van der Waals surface area contributed by atoms with E-state index in [2.05, 4.69) is 59.3 Å². The molecule has 0 aliphatic heterocycles. The van der Waals surface area contributed by atoms with Gasteiger partial charge in [-0.05, 0) is 35.2 Å². The number of rotatable bonds is 2. The van der Waals surface area contributed by atoms with Crippen molar-refractivity contribution in [2.45, 2.75) is 5.03 Å². The number of benzene rings is 2. The maximum Gasteiger partial charge on any atom is 0.138 e. The second-order valence-electron chi connectivity index (χ2n) is 4.96. The Kier molecular flexibility index (Phi) is 2.93. The van der Waals surface area contributed by atoms with Crippen LogP contribution in [-0.2, 0) is 0 Å². The lowest BCUT2D eigenvalue weighted by molar-refractivity contribution is 1.05. The normalized spacial score (nSPS) is 11.3. The number of pyridine rings is 1. The van der Waals surface area contributed by atoms with Crippen LogP contribution in [0.25, 0.3) is 27.7 Å². The highest BCUT2D eigenvalue weighted by Gasteiger charge is 2.13. The van der Waals surface area contributed by atoms with Crippen molar-refractivity contribution in [1.82, 2.24) is 9.38 Å². The summed E-state index contributed by atoms with van der Waals surface area (Å²) in [5.41, 5.74) is 3.21. The standard InChI is InChI=1S/C18H14N2S/c1-21-18-17(19-16-8-4-5-11-20(16)18)15-10-9-13-6-2-3-7-14(13)12-15/h2-12H,1H3. The van der Waals surface area contributed by atoms with E-state index in [4.69, 9.17) is 4.98 Å². The van der Waals surface area contributed by atoms with E-state index in [1.54, 1.807) is 11.8 Å². The molecule has 0 atom stereocenters. The van der Waals surface area contributed by atoms with Crippen molar-refractivity contribution >= 4 is 28.2 Å². The predicted molar refractivity (Wildman–Crippen MR) is 89.9 cm³/mol. The van der Waals surface area contributed by atoms with Gasteiger partial charge in [-0.15, -0.1) is 11.8 Å². The molecule has 0 N–H and O–H groups in total. The van der Waals surface area contributed by atoms with Gasteiger partial charge in [0.15, 0.2) is 0 Å². The lowest BCUT2D eigenvalue weighted by Gasteiger charge is -2.04. The van der Waals surface area contributed by atoms with Crippen molar-refractivity contribution in [2.75, 3.05) is 6.26 Å². The Hall–Kier alpha value is -2.26. The van der Waals surface area contributed by atoms with E-state index >= 15 is 0 Å². The first-order valence-corrected chi connectivity index (χ1v) is 8.09. The first kappa shape index (κ1) is 12.5. The van der Waals surface area contributed by atoms with E-state index in [9.17, 15) is 0 Å². The van der Waals surface area contributed by atoms with E-state index in [0.717, 1.165) is 11.3 Å². The molecule has 2 heterocycles. The van der Waals surface area contributed by atoms with Gasteiger partial charge >= 0.3 is 0 Å². The fraction of sp³-hybridized carbons (Fsp3) is 0.0556. The number of imidazole rings is 1. The Bertz CT molecular complexity index is 940.